The van der Waals surface area contributed by atoms with Crippen LogP contribution in [0.2, 0.25) is 23.2 Å². The highest BCUT2D eigenvalue weighted by Crippen LogP contribution is 2.37. The number of rotatable bonds is 12. The van der Waals surface area contributed by atoms with Crippen molar-refractivity contribution in [2.45, 2.75) is 56.4 Å². The Labute approximate surface area is 270 Å². The maximum atomic E-state index is 14.8. The van der Waals surface area contributed by atoms with Crippen molar-refractivity contribution in [3.8, 4) is 11.3 Å². The Bertz CT molecular complexity index is 1450. The summed E-state index contributed by atoms with van der Waals surface area (Å²) in [5.41, 5.74) is 8.44. The zero-order valence-corrected chi connectivity index (χ0v) is 28.9. The molecule has 1 aliphatic rings. The van der Waals surface area contributed by atoms with Crippen LogP contribution < -0.4 is 11.1 Å². The van der Waals surface area contributed by atoms with E-state index in [4.69, 9.17) is 21.8 Å². The van der Waals surface area contributed by atoms with Crippen LogP contribution >= 0.6 is 23.4 Å². The van der Waals surface area contributed by atoms with E-state index < -0.39 is 14.1 Å². The topological polar surface area (TPSA) is 110 Å². The predicted molar refractivity (Wildman–Crippen MR) is 179 cm³/mol. The number of primary amides is 1. The summed E-state index contributed by atoms with van der Waals surface area (Å²) >= 11 is 7.71. The molecule has 238 valence electrons. The standard InChI is InChI=1S/C31H43ClFN7O2SSi/c1-31(2,3)44(5,6)42-15-16-43-30-27(19-25(37-38-30)23-17-21(32)7-8-24(23)33)36-22-9-10-35-26(18-22)28(20-29(34)41)40-13-11-39(4)12-14-40/h7-10,17-19,28H,11-16,20H2,1-6H3,(H2,34,41)(H,35,36,37). The van der Waals surface area contributed by atoms with E-state index in [1.807, 2.05) is 12.1 Å². The van der Waals surface area contributed by atoms with Crippen LogP contribution in [0.5, 0.6) is 0 Å². The minimum Gasteiger partial charge on any atom is -0.416 e. The normalized spacial score (nSPS) is 15.7. The van der Waals surface area contributed by atoms with Crippen molar-refractivity contribution < 1.29 is 13.6 Å². The third kappa shape index (κ3) is 8.98. The number of benzene rings is 1. The number of amides is 1. The van der Waals surface area contributed by atoms with E-state index in [9.17, 15) is 9.18 Å². The lowest BCUT2D eigenvalue weighted by Gasteiger charge is -2.37. The van der Waals surface area contributed by atoms with Crippen molar-refractivity contribution in [3.05, 3.63) is 59.1 Å². The van der Waals surface area contributed by atoms with Crippen molar-refractivity contribution >= 4 is 49.0 Å². The lowest BCUT2D eigenvalue weighted by Crippen LogP contribution is -2.46. The largest absolute Gasteiger partial charge is 0.416 e. The molecular weight excluding hydrogens is 617 g/mol. The van der Waals surface area contributed by atoms with E-state index in [0.717, 1.165) is 37.6 Å². The van der Waals surface area contributed by atoms with E-state index in [0.29, 0.717) is 33.8 Å². The van der Waals surface area contributed by atoms with Crippen LogP contribution in [0.15, 0.2) is 47.6 Å². The van der Waals surface area contributed by atoms with E-state index >= 15 is 0 Å². The van der Waals surface area contributed by atoms with E-state index in [-0.39, 0.29) is 29.0 Å². The van der Waals surface area contributed by atoms with Gasteiger partial charge in [-0.3, -0.25) is 14.7 Å². The third-order valence-corrected chi connectivity index (χ3v) is 14.0. The number of anilines is 2. The highest BCUT2D eigenvalue weighted by atomic mass is 35.5. The maximum absolute atomic E-state index is 14.8. The fraction of sp³-hybridized carbons (Fsp3) is 0.484. The summed E-state index contributed by atoms with van der Waals surface area (Å²) in [6.07, 6.45) is 1.89. The number of halogens is 2. The quantitative estimate of drug-likeness (QED) is 0.131. The van der Waals surface area contributed by atoms with Crippen molar-refractivity contribution in [2.75, 3.05) is 50.9 Å². The Morgan fingerprint density at radius 2 is 1.89 bits per heavy atom. The minimum absolute atomic E-state index is 0.114. The van der Waals surface area contributed by atoms with Crippen molar-refractivity contribution in [3.63, 3.8) is 0 Å². The Morgan fingerprint density at radius 1 is 1.16 bits per heavy atom. The molecule has 3 aromatic rings. The van der Waals surface area contributed by atoms with Gasteiger partial charge in [-0.25, -0.2) is 4.39 Å². The summed E-state index contributed by atoms with van der Waals surface area (Å²) in [7, 11) is 0.193. The second-order valence-corrected chi connectivity index (χ2v) is 19.0. The van der Waals surface area contributed by atoms with Gasteiger partial charge in [0.05, 0.1) is 23.1 Å². The molecule has 2 aromatic heterocycles. The van der Waals surface area contributed by atoms with Gasteiger partial charge in [-0.1, -0.05) is 32.4 Å². The molecule has 0 bridgehead atoms. The maximum Gasteiger partial charge on any atom is 0.219 e. The van der Waals surface area contributed by atoms with Crippen molar-refractivity contribution in [1.29, 1.82) is 0 Å². The van der Waals surface area contributed by atoms with Gasteiger partial charge >= 0.3 is 0 Å². The van der Waals surface area contributed by atoms with E-state index in [2.05, 4.69) is 71.2 Å². The van der Waals surface area contributed by atoms with Gasteiger partial charge in [0.15, 0.2) is 8.32 Å². The van der Waals surface area contributed by atoms with Crippen LogP contribution in [0.4, 0.5) is 15.8 Å². The third-order valence-electron chi connectivity index (χ3n) is 8.33. The van der Waals surface area contributed by atoms with Crippen LogP contribution in [0.1, 0.15) is 38.9 Å². The number of hydrogen-bond donors (Lipinski definition) is 2. The monoisotopic (exact) mass is 659 g/mol. The molecule has 3 heterocycles. The molecule has 13 heteroatoms. The molecule has 9 nitrogen and oxygen atoms in total. The second kappa shape index (κ2) is 14.7. The molecule has 3 N–H and O–H groups in total. The zero-order valence-electron chi connectivity index (χ0n) is 26.4. The van der Waals surface area contributed by atoms with E-state index in [1.165, 1.54) is 23.9 Å². The number of carbonyl (C=O) groups is 1. The van der Waals surface area contributed by atoms with Gasteiger partial charge < -0.3 is 20.4 Å². The molecule has 1 saturated heterocycles. The number of aromatic nitrogens is 3. The fourth-order valence-corrected chi connectivity index (χ4v) is 6.75. The van der Waals surface area contributed by atoms with Crippen LogP contribution in [-0.4, -0.2) is 84.8 Å². The van der Waals surface area contributed by atoms with Crippen LogP contribution in [-0.2, 0) is 9.22 Å². The molecule has 1 aliphatic heterocycles. The van der Waals surface area contributed by atoms with Gasteiger partial charge in [0.25, 0.3) is 0 Å². The predicted octanol–water partition coefficient (Wildman–Crippen LogP) is 6.35. The van der Waals surface area contributed by atoms with Crippen LogP contribution in [0.3, 0.4) is 0 Å². The number of pyridine rings is 1. The molecule has 0 saturated carbocycles. The molecule has 44 heavy (non-hydrogen) atoms. The molecule has 1 atom stereocenters. The Balaban J connectivity index is 1.62. The lowest BCUT2D eigenvalue weighted by molar-refractivity contribution is -0.119. The SMILES string of the molecule is CN1CCN(C(CC(N)=O)c2cc(Nc3cc(-c4cc(Cl)ccc4F)nnc3SCCO[Si](C)(C)C(C)(C)C)ccn2)CC1. The van der Waals surface area contributed by atoms with Gasteiger partial charge in [0.2, 0.25) is 5.91 Å². The van der Waals surface area contributed by atoms with E-state index in [1.54, 1.807) is 18.3 Å². The second-order valence-electron chi connectivity index (χ2n) is 12.6. The molecule has 0 aliphatic carbocycles. The molecule has 1 fully saturated rings. The Hall–Kier alpha value is -2.61. The number of likely N-dealkylation sites (N-methyl/N-ethyl adjacent to an activating group) is 1. The number of nitrogens with two attached hydrogens (primary N) is 1. The fourth-order valence-electron chi connectivity index (χ4n) is 4.66. The zero-order chi connectivity index (χ0) is 32.1. The Kier molecular flexibility index (Phi) is 11.4. The average Bonchev–Trinajstić information content (AvgIpc) is 2.96. The molecule has 4 rings (SSSR count). The first kappa shape index (κ1) is 34.3. The van der Waals surface area contributed by atoms with Gasteiger partial charge in [-0.05, 0) is 61.6 Å². The number of carbonyl (C=O) groups excluding carboxylic acids is 1. The summed E-state index contributed by atoms with van der Waals surface area (Å²) in [6, 6.07) is 9.68. The summed E-state index contributed by atoms with van der Waals surface area (Å²) in [5, 5.41) is 13.5. The number of piperazine rings is 1. The first-order valence-electron chi connectivity index (χ1n) is 14.8. The lowest BCUT2D eigenvalue weighted by atomic mass is 10.1. The number of hydrogen-bond acceptors (Lipinski definition) is 9. The smallest absolute Gasteiger partial charge is 0.219 e. The highest BCUT2D eigenvalue weighted by molar-refractivity contribution is 7.99. The van der Waals surface area contributed by atoms with Crippen LogP contribution in [0.25, 0.3) is 11.3 Å². The van der Waals surface area contributed by atoms with Crippen LogP contribution in [0, 0.1) is 5.82 Å². The van der Waals surface area contributed by atoms with Crippen molar-refractivity contribution in [2.24, 2.45) is 5.73 Å². The van der Waals surface area contributed by atoms with Gasteiger partial charge in [0, 0.05) is 67.4 Å². The van der Waals surface area contributed by atoms with Crippen molar-refractivity contribution in [1.82, 2.24) is 25.0 Å². The van der Waals surface area contributed by atoms with Gasteiger partial charge in [-0.15, -0.1) is 22.0 Å². The minimum atomic E-state index is -1.90. The summed E-state index contributed by atoms with van der Waals surface area (Å²) in [4.78, 5) is 21.2. The molecule has 1 unspecified atom stereocenters. The summed E-state index contributed by atoms with van der Waals surface area (Å²) in [6.45, 7) is 15.1. The summed E-state index contributed by atoms with van der Waals surface area (Å²) < 4.78 is 21.2. The van der Waals surface area contributed by atoms with Gasteiger partial charge in [0.1, 0.15) is 10.8 Å². The molecular formula is C31H43ClFN7O2SSi. The highest BCUT2D eigenvalue weighted by Gasteiger charge is 2.37. The summed E-state index contributed by atoms with van der Waals surface area (Å²) in [5.74, 6) is -0.142. The number of thioether (sulfide) groups is 1. The first-order valence-corrected chi connectivity index (χ1v) is 19.0. The average molecular weight is 660 g/mol. The molecule has 1 amide bonds. The number of nitrogens with zero attached hydrogens (tertiary/aromatic N) is 5. The Morgan fingerprint density at radius 3 is 2.57 bits per heavy atom. The van der Waals surface area contributed by atoms with Gasteiger partial charge in [-0.2, -0.15) is 0 Å². The molecule has 1 aromatic carbocycles. The number of nitrogens with one attached hydrogen (secondary N) is 1. The first-order chi connectivity index (χ1) is 20.7. The molecule has 0 radical (unpaired) electrons. The molecule has 0 spiro atoms.